The molecule has 1 aliphatic rings. The molecule has 1 aliphatic carbocycles. The maximum atomic E-state index is 12.1. The van der Waals surface area contributed by atoms with Gasteiger partial charge in [0.25, 0.3) is 0 Å². The molecule has 3 nitrogen and oxygen atoms in total. The Morgan fingerprint density at radius 1 is 1.19 bits per heavy atom. The number of amides is 1. The first-order valence-corrected chi connectivity index (χ1v) is 7.70. The minimum atomic E-state index is 0. The van der Waals surface area contributed by atoms with Crippen LogP contribution in [0.2, 0.25) is 0 Å². The third kappa shape index (κ3) is 5.33. The summed E-state index contributed by atoms with van der Waals surface area (Å²) in [5.74, 6) is 1.08. The molecule has 0 bridgehead atoms. The molecule has 0 aliphatic heterocycles. The number of halogens is 1. The van der Waals surface area contributed by atoms with E-state index in [9.17, 15) is 4.79 Å². The number of nitrogens with one attached hydrogen (secondary N) is 2. The van der Waals surface area contributed by atoms with Crippen molar-refractivity contribution in [2.75, 3.05) is 13.6 Å². The fourth-order valence-electron chi connectivity index (χ4n) is 2.91. The Hall–Kier alpha value is -1.06. The third-order valence-electron chi connectivity index (χ3n) is 4.44. The van der Waals surface area contributed by atoms with E-state index in [2.05, 4.69) is 47.9 Å². The van der Waals surface area contributed by atoms with Gasteiger partial charge in [-0.1, -0.05) is 30.3 Å². The van der Waals surface area contributed by atoms with Gasteiger partial charge in [-0.25, -0.2) is 0 Å². The van der Waals surface area contributed by atoms with Crippen LogP contribution in [0.3, 0.4) is 0 Å². The van der Waals surface area contributed by atoms with Crippen molar-refractivity contribution in [3.05, 3.63) is 35.9 Å². The molecule has 1 atom stereocenters. The summed E-state index contributed by atoms with van der Waals surface area (Å²) in [7, 11) is 1.92. The van der Waals surface area contributed by atoms with E-state index in [1.807, 2.05) is 7.05 Å². The molecule has 0 aromatic heterocycles. The van der Waals surface area contributed by atoms with Crippen molar-refractivity contribution in [3.8, 4) is 0 Å². The third-order valence-corrected chi connectivity index (χ3v) is 4.44. The van der Waals surface area contributed by atoms with Crippen LogP contribution in [-0.4, -0.2) is 25.5 Å². The van der Waals surface area contributed by atoms with Crippen LogP contribution in [-0.2, 0) is 4.79 Å². The second-order valence-electron chi connectivity index (χ2n) is 5.89. The van der Waals surface area contributed by atoms with Crippen LogP contribution in [0.1, 0.15) is 44.1 Å². The normalized spacial score (nSPS) is 23.0. The summed E-state index contributed by atoms with van der Waals surface area (Å²) >= 11 is 0. The number of rotatable bonds is 5. The van der Waals surface area contributed by atoms with E-state index < -0.39 is 0 Å². The summed E-state index contributed by atoms with van der Waals surface area (Å²) in [6.07, 6.45) is 4.28. The highest BCUT2D eigenvalue weighted by atomic mass is 35.5. The molecule has 4 heteroatoms. The summed E-state index contributed by atoms with van der Waals surface area (Å²) < 4.78 is 0. The Labute approximate surface area is 134 Å². The number of likely N-dealkylation sites (N-methyl/N-ethyl adjacent to an activating group) is 1. The standard InChI is InChI=1S/C17H26N2O.ClH/c1-13(18-2)12-19-17(20)16-10-8-15(9-11-16)14-6-4-3-5-7-14;/h3-7,13,15-16,18H,8-12H2,1-2H3,(H,19,20);1H. The van der Waals surface area contributed by atoms with Gasteiger partial charge in [0.15, 0.2) is 0 Å². The average Bonchev–Trinajstić information content (AvgIpc) is 2.53. The smallest absolute Gasteiger partial charge is 0.223 e. The number of carbonyl (C=O) groups excluding carboxylic acids is 1. The first-order valence-electron chi connectivity index (χ1n) is 7.70. The van der Waals surface area contributed by atoms with Crippen molar-refractivity contribution in [3.63, 3.8) is 0 Å². The zero-order chi connectivity index (χ0) is 14.4. The molecule has 2 rings (SSSR count). The fraction of sp³-hybridized carbons (Fsp3) is 0.588. The van der Waals surface area contributed by atoms with E-state index in [0.29, 0.717) is 18.5 Å². The van der Waals surface area contributed by atoms with Crippen molar-refractivity contribution in [1.82, 2.24) is 10.6 Å². The maximum Gasteiger partial charge on any atom is 0.223 e. The Morgan fingerprint density at radius 2 is 1.81 bits per heavy atom. The topological polar surface area (TPSA) is 41.1 Å². The summed E-state index contributed by atoms with van der Waals surface area (Å²) in [5.41, 5.74) is 1.43. The van der Waals surface area contributed by atoms with E-state index in [1.165, 1.54) is 5.56 Å². The lowest BCUT2D eigenvalue weighted by Gasteiger charge is -2.28. The first kappa shape index (κ1) is 18.0. The van der Waals surface area contributed by atoms with Crippen LogP contribution in [0.15, 0.2) is 30.3 Å². The summed E-state index contributed by atoms with van der Waals surface area (Å²) in [6, 6.07) is 11.0. The van der Waals surface area contributed by atoms with Crippen molar-refractivity contribution < 1.29 is 4.79 Å². The minimum Gasteiger partial charge on any atom is -0.354 e. The zero-order valence-corrected chi connectivity index (χ0v) is 13.8. The molecule has 1 fully saturated rings. The van der Waals surface area contributed by atoms with E-state index in [0.717, 1.165) is 25.7 Å². The van der Waals surface area contributed by atoms with Crippen LogP contribution in [0.25, 0.3) is 0 Å². The fourth-order valence-corrected chi connectivity index (χ4v) is 2.91. The number of hydrogen-bond acceptors (Lipinski definition) is 2. The Bertz CT molecular complexity index is 416. The number of hydrogen-bond donors (Lipinski definition) is 2. The number of benzene rings is 1. The van der Waals surface area contributed by atoms with Crippen LogP contribution in [0, 0.1) is 5.92 Å². The Kier molecular flexibility index (Phi) is 7.76. The quantitative estimate of drug-likeness (QED) is 0.877. The Morgan fingerprint density at radius 3 is 2.38 bits per heavy atom. The second-order valence-corrected chi connectivity index (χ2v) is 5.89. The minimum absolute atomic E-state index is 0. The van der Waals surface area contributed by atoms with E-state index in [1.54, 1.807) is 0 Å². The second kappa shape index (κ2) is 9.06. The van der Waals surface area contributed by atoms with Gasteiger partial charge in [0.05, 0.1) is 0 Å². The highest BCUT2D eigenvalue weighted by molar-refractivity contribution is 5.85. The van der Waals surface area contributed by atoms with Crippen LogP contribution in [0.5, 0.6) is 0 Å². The molecule has 118 valence electrons. The number of carbonyl (C=O) groups is 1. The van der Waals surface area contributed by atoms with Crippen LogP contribution in [0.4, 0.5) is 0 Å². The molecule has 1 aromatic carbocycles. The highest BCUT2D eigenvalue weighted by Crippen LogP contribution is 2.35. The molecule has 1 unspecified atom stereocenters. The molecular weight excluding hydrogens is 284 g/mol. The molecular formula is C17H27ClN2O. The van der Waals surface area contributed by atoms with Gasteiger partial charge in [-0.2, -0.15) is 0 Å². The highest BCUT2D eigenvalue weighted by Gasteiger charge is 2.26. The average molecular weight is 311 g/mol. The SMILES string of the molecule is CNC(C)CNC(=O)C1CCC(c2ccccc2)CC1.Cl. The predicted octanol–water partition coefficient (Wildman–Crippen LogP) is 3.11. The molecule has 0 heterocycles. The van der Waals surface area contributed by atoms with Gasteiger partial charge in [-0.15, -0.1) is 12.4 Å². The van der Waals surface area contributed by atoms with Crippen LogP contribution >= 0.6 is 12.4 Å². The summed E-state index contributed by atoms with van der Waals surface area (Å²) in [4.78, 5) is 12.1. The maximum absolute atomic E-state index is 12.1. The van der Waals surface area contributed by atoms with E-state index in [4.69, 9.17) is 0 Å². The summed E-state index contributed by atoms with van der Waals surface area (Å²) in [6.45, 7) is 2.79. The summed E-state index contributed by atoms with van der Waals surface area (Å²) in [5, 5.41) is 6.19. The molecule has 1 aromatic rings. The van der Waals surface area contributed by atoms with Gasteiger partial charge < -0.3 is 10.6 Å². The van der Waals surface area contributed by atoms with Gasteiger partial charge in [0.1, 0.15) is 0 Å². The molecule has 0 radical (unpaired) electrons. The zero-order valence-electron chi connectivity index (χ0n) is 13.0. The van der Waals surface area contributed by atoms with Crippen molar-refractivity contribution in [2.45, 2.75) is 44.6 Å². The van der Waals surface area contributed by atoms with Crippen molar-refractivity contribution in [2.24, 2.45) is 5.92 Å². The Balaban J connectivity index is 0.00000220. The lowest BCUT2D eigenvalue weighted by atomic mass is 9.78. The van der Waals surface area contributed by atoms with Gasteiger partial charge >= 0.3 is 0 Å². The van der Waals surface area contributed by atoms with E-state index >= 15 is 0 Å². The molecule has 1 saturated carbocycles. The lowest BCUT2D eigenvalue weighted by molar-refractivity contribution is -0.126. The largest absolute Gasteiger partial charge is 0.354 e. The lowest BCUT2D eigenvalue weighted by Crippen LogP contribution is -2.40. The van der Waals surface area contributed by atoms with Gasteiger partial charge in [0, 0.05) is 18.5 Å². The molecule has 21 heavy (non-hydrogen) atoms. The van der Waals surface area contributed by atoms with E-state index in [-0.39, 0.29) is 24.2 Å². The van der Waals surface area contributed by atoms with Crippen molar-refractivity contribution in [1.29, 1.82) is 0 Å². The van der Waals surface area contributed by atoms with Gasteiger partial charge in [-0.3, -0.25) is 4.79 Å². The molecule has 0 spiro atoms. The molecule has 2 N–H and O–H groups in total. The molecule has 0 saturated heterocycles. The molecule has 1 amide bonds. The van der Waals surface area contributed by atoms with Gasteiger partial charge in [0.2, 0.25) is 5.91 Å². The monoisotopic (exact) mass is 310 g/mol. The van der Waals surface area contributed by atoms with Crippen LogP contribution < -0.4 is 10.6 Å². The predicted molar refractivity (Wildman–Crippen MR) is 89.9 cm³/mol. The van der Waals surface area contributed by atoms with Crippen molar-refractivity contribution >= 4 is 18.3 Å². The van der Waals surface area contributed by atoms with Gasteiger partial charge in [-0.05, 0) is 51.1 Å². The first-order chi connectivity index (χ1) is 9.70.